The quantitative estimate of drug-likeness (QED) is 0.761. The normalized spacial score (nSPS) is 19.6. The first-order valence-corrected chi connectivity index (χ1v) is 10.3. The highest BCUT2D eigenvalue weighted by Gasteiger charge is 2.34. The Morgan fingerprint density at radius 3 is 2.81 bits per heavy atom. The minimum Gasteiger partial charge on any atom is -0.493 e. The molecule has 4 rings (SSSR count). The van der Waals surface area contributed by atoms with E-state index in [1.807, 2.05) is 25.1 Å². The van der Waals surface area contributed by atoms with Gasteiger partial charge in [0.25, 0.3) is 0 Å². The maximum atomic E-state index is 12.9. The zero-order valence-electron chi connectivity index (χ0n) is 15.3. The van der Waals surface area contributed by atoms with E-state index in [4.69, 9.17) is 9.47 Å². The largest absolute Gasteiger partial charge is 0.493 e. The van der Waals surface area contributed by atoms with Crippen molar-refractivity contribution in [1.82, 2.24) is 14.5 Å². The summed E-state index contributed by atoms with van der Waals surface area (Å²) < 4.78 is 38.6. The number of anilines is 1. The summed E-state index contributed by atoms with van der Waals surface area (Å²) in [6.07, 6.45) is 1.12. The highest BCUT2D eigenvalue weighted by Crippen LogP contribution is 2.30. The molecule has 1 saturated heterocycles. The smallest absolute Gasteiger partial charge is 0.243 e. The summed E-state index contributed by atoms with van der Waals surface area (Å²) in [5, 5.41) is 8.13. The zero-order valence-corrected chi connectivity index (χ0v) is 16.1. The third-order valence-corrected chi connectivity index (χ3v) is 6.64. The molecule has 0 saturated carbocycles. The first-order valence-electron chi connectivity index (χ1n) is 8.87. The van der Waals surface area contributed by atoms with Crippen LogP contribution in [0.2, 0.25) is 0 Å². The highest BCUT2D eigenvalue weighted by atomic mass is 32.2. The second-order valence-corrected chi connectivity index (χ2v) is 8.82. The molecule has 0 spiro atoms. The molecular formula is C18H22N4O4S. The molecule has 1 aromatic carbocycles. The van der Waals surface area contributed by atoms with Gasteiger partial charge in [-0.05, 0) is 36.2 Å². The Morgan fingerprint density at radius 2 is 2.07 bits per heavy atom. The van der Waals surface area contributed by atoms with Gasteiger partial charge in [0.1, 0.15) is 11.9 Å². The molecule has 8 nitrogen and oxygen atoms in total. The van der Waals surface area contributed by atoms with Gasteiger partial charge in [-0.25, -0.2) is 8.42 Å². The Bertz CT molecular complexity index is 931. The van der Waals surface area contributed by atoms with Gasteiger partial charge in [0.2, 0.25) is 15.9 Å². The Hall–Kier alpha value is -2.39. The van der Waals surface area contributed by atoms with Crippen LogP contribution in [0.3, 0.4) is 0 Å². The van der Waals surface area contributed by atoms with E-state index in [2.05, 4.69) is 10.2 Å². The fourth-order valence-corrected chi connectivity index (χ4v) is 4.81. The maximum absolute atomic E-state index is 12.9. The molecule has 3 heterocycles. The molecule has 0 bridgehead atoms. The first-order chi connectivity index (χ1) is 12.9. The highest BCUT2D eigenvalue weighted by molar-refractivity contribution is 7.89. The van der Waals surface area contributed by atoms with Gasteiger partial charge >= 0.3 is 0 Å². The Kier molecular flexibility index (Phi) is 4.65. The lowest BCUT2D eigenvalue weighted by Crippen LogP contribution is -2.31. The molecule has 0 aliphatic carbocycles. The number of fused-ring (bicyclic) bond motifs is 1. The Balaban J connectivity index is 1.44. The van der Waals surface area contributed by atoms with Crippen LogP contribution < -0.4 is 14.4 Å². The Labute approximate surface area is 158 Å². The number of benzene rings is 1. The summed E-state index contributed by atoms with van der Waals surface area (Å²) in [7, 11) is 0.220. The third-order valence-electron chi connectivity index (χ3n) is 4.78. The van der Waals surface area contributed by atoms with Gasteiger partial charge in [0.15, 0.2) is 5.82 Å². The summed E-state index contributed by atoms with van der Waals surface area (Å²) in [5.41, 5.74) is 0.944. The predicted molar refractivity (Wildman–Crippen MR) is 99.8 cm³/mol. The van der Waals surface area contributed by atoms with Gasteiger partial charge in [-0.2, -0.15) is 4.31 Å². The average molecular weight is 390 g/mol. The molecule has 0 radical (unpaired) electrons. The van der Waals surface area contributed by atoms with E-state index >= 15 is 0 Å². The SMILES string of the molecule is CN(C)c1ccc(O[C@H]2CCN(S(=O)(=O)c3ccc4c(c3)CCO4)C2)nn1. The summed E-state index contributed by atoms with van der Waals surface area (Å²) in [5.74, 6) is 1.91. The number of rotatable bonds is 5. The number of aromatic nitrogens is 2. The molecule has 1 aromatic heterocycles. The number of hydrogen-bond donors (Lipinski definition) is 0. The molecule has 0 unspecified atom stereocenters. The van der Waals surface area contributed by atoms with Crippen molar-refractivity contribution in [3.05, 3.63) is 35.9 Å². The van der Waals surface area contributed by atoms with E-state index in [1.54, 1.807) is 24.3 Å². The molecule has 1 atom stereocenters. The molecule has 1 fully saturated rings. The second kappa shape index (κ2) is 6.97. The van der Waals surface area contributed by atoms with E-state index in [9.17, 15) is 8.42 Å². The number of hydrogen-bond acceptors (Lipinski definition) is 7. The van der Waals surface area contributed by atoms with Crippen LogP contribution in [0.15, 0.2) is 35.2 Å². The van der Waals surface area contributed by atoms with Gasteiger partial charge in [-0.15, -0.1) is 10.2 Å². The van der Waals surface area contributed by atoms with E-state index in [1.165, 1.54) is 4.31 Å². The molecule has 0 N–H and O–H groups in total. The lowest BCUT2D eigenvalue weighted by atomic mass is 10.2. The molecular weight excluding hydrogens is 368 g/mol. The number of ether oxygens (including phenoxy) is 2. The van der Waals surface area contributed by atoms with Crippen LogP contribution in [0.25, 0.3) is 0 Å². The minimum atomic E-state index is -3.55. The molecule has 2 aliphatic heterocycles. The van der Waals surface area contributed by atoms with Crippen LogP contribution in [-0.4, -0.2) is 62.8 Å². The van der Waals surface area contributed by atoms with Gasteiger partial charge in [0, 0.05) is 33.1 Å². The first kappa shape index (κ1) is 18.0. The Morgan fingerprint density at radius 1 is 1.22 bits per heavy atom. The molecule has 144 valence electrons. The average Bonchev–Trinajstić information content (AvgIpc) is 3.31. The van der Waals surface area contributed by atoms with Crippen LogP contribution in [0, 0.1) is 0 Å². The monoisotopic (exact) mass is 390 g/mol. The maximum Gasteiger partial charge on any atom is 0.243 e. The van der Waals surface area contributed by atoms with E-state index in [0.29, 0.717) is 36.9 Å². The molecule has 9 heteroatoms. The van der Waals surface area contributed by atoms with E-state index in [-0.39, 0.29) is 6.10 Å². The van der Waals surface area contributed by atoms with Crippen molar-refractivity contribution in [2.75, 3.05) is 38.7 Å². The van der Waals surface area contributed by atoms with Gasteiger partial charge in [0.05, 0.1) is 18.0 Å². The number of sulfonamides is 1. The van der Waals surface area contributed by atoms with E-state index < -0.39 is 10.0 Å². The van der Waals surface area contributed by atoms with Crippen molar-refractivity contribution in [2.45, 2.75) is 23.8 Å². The summed E-state index contributed by atoms with van der Waals surface area (Å²) in [6, 6.07) is 8.63. The van der Waals surface area contributed by atoms with Crippen molar-refractivity contribution < 1.29 is 17.9 Å². The van der Waals surface area contributed by atoms with Crippen molar-refractivity contribution in [3.63, 3.8) is 0 Å². The van der Waals surface area contributed by atoms with Crippen LogP contribution >= 0.6 is 0 Å². The topological polar surface area (TPSA) is 84.9 Å². The number of nitrogens with zero attached hydrogens (tertiary/aromatic N) is 4. The van der Waals surface area contributed by atoms with Crippen LogP contribution in [0.1, 0.15) is 12.0 Å². The van der Waals surface area contributed by atoms with Crippen LogP contribution in [0.4, 0.5) is 5.82 Å². The fourth-order valence-electron chi connectivity index (χ4n) is 3.27. The molecule has 0 amide bonds. The summed E-state index contributed by atoms with van der Waals surface area (Å²) >= 11 is 0. The van der Waals surface area contributed by atoms with Gasteiger partial charge in [-0.1, -0.05) is 0 Å². The van der Waals surface area contributed by atoms with E-state index in [0.717, 1.165) is 23.6 Å². The molecule has 27 heavy (non-hydrogen) atoms. The standard InChI is InChI=1S/C18H22N4O4S/c1-21(2)17-5-6-18(20-19-17)26-14-7-9-22(12-14)27(23,24)15-3-4-16-13(11-15)8-10-25-16/h3-6,11,14H,7-10,12H2,1-2H3/t14-/m0/s1. The zero-order chi connectivity index (χ0) is 19.0. The summed E-state index contributed by atoms with van der Waals surface area (Å²) in [6.45, 7) is 1.32. The second-order valence-electron chi connectivity index (χ2n) is 6.88. The lowest BCUT2D eigenvalue weighted by molar-refractivity contribution is 0.204. The fraction of sp³-hybridized carbons (Fsp3) is 0.444. The van der Waals surface area contributed by atoms with Gasteiger partial charge < -0.3 is 14.4 Å². The predicted octanol–water partition coefficient (Wildman–Crippen LogP) is 1.32. The van der Waals surface area contributed by atoms with Crippen molar-refractivity contribution in [1.29, 1.82) is 0 Å². The van der Waals surface area contributed by atoms with Crippen molar-refractivity contribution >= 4 is 15.8 Å². The lowest BCUT2D eigenvalue weighted by Gasteiger charge is -2.17. The van der Waals surface area contributed by atoms with Crippen molar-refractivity contribution in [2.24, 2.45) is 0 Å². The van der Waals surface area contributed by atoms with Crippen molar-refractivity contribution in [3.8, 4) is 11.6 Å². The van der Waals surface area contributed by atoms with Crippen LogP contribution in [0.5, 0.6) is 11.6 Å². The summed E-state index contributed by atoms with van der Waals surface area (Å²) in [4.78, 5) is 2.16. The van der Waals surface area contributed by atoms with Crippen LogP contribution in [-0.2, 0) is 16.4 Å². The minimum absolute atomic E-state index is 0.239. The third kappa shape index (κ3) is 3.57. The molecule has 2 aliphatic rings. The molecule has 2 aromatic rings. The van der Waals surface area contributed by atoms with Gasteiger partial charge in [-0.3, -0.25) is 0 Å².